The summed E-state index contributed by atoms with van der Waals surface area (Å²) in [6.07, 6.45) is 2.98. The van der Waals surface area contributed by atoms with E-state index in [2.05, 4.69) is 21.8 Å². The van der Waals surface area contributed by atoms with Crippen molar-refractivity contribution in [1.29, 1.82) is 0 Å². The van der Waals surface area contributed by atoms with Crippen molar-refractivity contribution in [3.05, 3.63) is 47.4 Å². The average molecular weight is 430 g/mol. The predicted molar refractivity (Wildman–Crippen MR) is 114 cm³/mol. The molecule has 3 aliphatic rings. The van der Waals surface area contributed by atoms with E-state index < -0.39 is 0 Å². The number of ether oxygens (including phenoxy) is 1. The number of benzene rings is 1. The van der Waals surface area contributed by atoms with Crippen molar-refractivity contribution >= 4 is 17.7 Å². The van der Waals surface area contributed by atoms with Crippen LogP contribution < -0.4 is 4.74 Å². The van der Waals surface area contributed by atoms with Crippen LogP contribution in [-0.2, 0) is 13.6 Å². The monoisotopic (exact) mass is 429 g/mol. The number of aryl methyl sites for hydroxylation is 1. The van der Waals surface area contributed by atoms with E-state index in [-0.39, 0.29) is 6.09 Å². The Morgan fingerprint density at radius 3 is 2.63 bits per heavy atom. The lowest BCUT2D eigenvalue weighted by atomic mass is 10.1. The van der Waals surface area contributed by atoms with E-state index in [1.165, 1.54) is 13.1 Å². The Morgan fingerprint density at radius 2 is 2.00 bits per heavy atom. The van der Waals surface area contributed by atoms with E-state index in [4.69, 9.17) is 16.3 Å². The van der Waals surface area contributed by atoms with E-state index in [9.17, 15) is 4.79 Å². The van der Waals surface area contributed by atoms with Crippen molar-refractivity contribution in [1.82, 2.24) is 24.3 Å². The highest BCUT2D eigenvalue weighted by molar-refractivity contribution is 6.30. The van der Waals surface area contributed by atoms with Gasteiger partial charge in [0.15, 0.2) is 0 Å². The van der Waals surface area contributed by atoms with Gasteiger partial charge in [0, 0.05) is 57.4 Å². The summed E-state index contributed by atoms with van der Waals surface area (Å²) in [5.74, 6) is 2.27. The van der Waals surface area contributed by atoms with E-state index >= 15 is 0 Å². The summed E-state index contributed by atoms with van der Waals surface area (Å²) >= 11 is 6.16. The van der Waals surface area contributed by atoms with Crippen molar-refractivity contribution in [2.75, 3.05) is 39.8 Å². The van der Waals surface area contributed by atoms with Gasteiger partial charge in [-0.05, 0) is 42.5 Å². The first kappa shape index (κ1) is 19.8. The van der Waals surface area contributed by atoms with Gasteiger partial charge >= 0.3 is 6.09 Å². The lowest BCUT2D eigenvalue weighted by Crippen LogP contribution is -2.57. The Kier molecular flexibility index (Phi) is 5.21. The van der Waals surface area contributed by atoms with E-state index in [0.717, 1.165) is 24.7 Å². The third-order valence-corrected chi connectivity index (χ3v) is 7.02. The van der Waals surface area contributed by atoms with Gasteiger partial charge in [0.2, 0.25) is 5.88 Å². The number of amides is 1. The number of aromatic nitrogens is 2. The van der Waals surface area contributed by atoms with Gasteiger partial charge < -0.3 is 19.1 Å². The largest absolute Gasteiger partial charge is 0.416 e. The maximum atomic E-state index is 13.0. The summed E-state index contributed by atoms with van der Waals surface area (Å²) < 4.78 is 7.32. The molecule has 1 aromatic heterocycles. The lowest BCUT2D eigenvalue weighted by molar-refractivity contribution is 0.0560. The molecule has 2 atom stereocenters. The van der Waals surface area contributed by atoms with Gasteiger partial charge in [-0.2, -0.15) is 0 Å². The molecule has 0 bridgehead atoms. The molecule has 2 aromatic rings. The fraction of sp³-hybridized carbons (Fsp3) is 0.545. The number of likely N-dealkylation sites (tertiary alicyclic amines) is 2. The number of likely N-dealkylation sites (N-methyl/N-ethyl adjacent to an activating group) is 1. The van der Waals surface area contributed by atoms with Gasteiger partial charge in [0.25, 0.3) is 0 Å². The van der Waals surface area contributed by atoms with E-state index in [1.807, 2.05) is 36.2 Å². The van der Waals surface area contributed by atoms with Crippen LogP contribution >= 0.6 is 11.6 Å². The van der Waals surface area contributed by atoms with Gasteiger partial charge in [-0.1, -0.05) is 23.7 Å². The summed E-state index contributed by atoms with van der Waals surface area (Å²) in [6, 6.07) is 8.39. The molecular formula is C22H28ClN5O2. The number of hydrogen-bond donors (Lipinski definition) is 0. The van der Waals surface area contributed by atoms with Crippen LogP contribution in [0.2, 0.25) is 5.02 Å². The first-order valence-electron chi connectivity index (χ1n) is 10.6. The molecule has 5 rings (SSSR count). The zero-order valence-corrected chi connectivity index (χ0v) is 18.2. The molecule has 1 aliphatic carbocycles. The standard InChI is InChI=1S/C22H28ClN5O2/c1-25-8-17(9-25)27-10-18-19(11-27)20(18)12-28(7-15-4-3-5-16(23)6-15)22(29)30-21-13-26(2)14-24-21/h3-6,13-14,17-20H,7-12H2,1-2H3. The molecule has 160 valence electrons. The molecule has 0 N–H and O–H groups in total. The fourth-order valence-corrected chi connectivity index (χ4v) is 5.27. The van der Waals surface area contributed by atoms with Crippen LogP contribution in [0.5, 0.6) is 5.88 Å². The Labute approximate surface area is 182 Å². The van der Waals surface area contributed by atoms with Crippen molar-refractivity contribution in [2.24, 2.45) is 24.8 Å². The van der Waals surface area contributed by atoms with Crippen molar-refractivity contribution in [3.8, 4) is 5.88 Å². The lowest BCUT2D eigenvalue weighted by Gasteiger charge is -2.43. The molecule has 0 spiro atoms. The van der Waals surface area contributed by atoms with Crippen LogP contribution in [0, 0.1) is 17.8 Å². The molecule has 1 amide bonds. The molecule has 3 heterocycles. The second-order valence-electron chi connectivity index (χ2n) is 9.08. The van der Waals surface area contributed by atoms with Crippen LogP contribution in [0.3, 0.4) is 0 Å². The summed E-state index contributed by atoms with van der Waals surface area (Å²) in [5, 5.41) is 0.676. The molecule has 0 radical (unpaired) electrons. The summed E-state index contributed by atoms with van der Waals surface area (Å²) in [4.78, 5) is 23.9. The van der Waals surface area contributed by atoms with Crippen LogP contribution in [-0.4, -0.2) is 76.2 Å². The number of piperidine rings is 1. The average Bonchev–Trinajstić information content (AvgIpc) is 3.01. The summed E-state index contributed by atoms with van der Waals surface area (Å²) in [7, 11) is 4.03. The number of carbonyl (C=O) groups is 1. The minimum Gasteiger partial charge on any atom is -0.389 e. The van der Waals surface area contributed by atoms with Crippen molar-refractivity contribution in [3.63, 3.8) is 0 Å². The van der Waals surface area contributed by atoms with Crippen molar-refractivity contribution in [2.45, 2.75) is 12.6 Å². The summed E-state index contributed by atoms with van der Waals surface area (Å²) in [5.41, 5.74) is 1.01. The SMILES string of the molecule is CN1CC(N2CC3C(CN(Cc4cccc(Cl)c4)C(=O)Oc4cn(C)cn4)C3C2)C1. The molecule has 7 nitrogen and oxygen atoms in total. The number of imidazole rings is 1. The fourth-order valence-electron chi connectivity index (χ4n) is 5.06. The predicted octanol–water partition coefficient (Wildman–Crippen LogP) is 2.57. The van der Waals surface area contributed by atoms with Crippen molar-refractivity contribution < 1.29 is 9.53 Å². The number of fused-ring (bicyclic) bond motifs is 1. The quantitative estimate of drug-likeness (QED) is 0.706. The molecule has 8 heteroatoms. The van der Waals surface area contributed by atoms with Crippen LogP contribution in [0.15, 0.2) is 36.8 Å². The van der Waals surface area contributed by atoms with Gasteiger partial charge in [-0.15, -0.1) is 0 Å². The minimum absolute atomic E-state index is 0.329. The van der Waals surface area contributed by atoms with Crippen LogP contribution in [0.1, 0.15) is 5.56 Å². The second kappa shape index (κ2) is 7.87. The highest BCUT2D eigenvalue weighted by Gasteiger charge is 2.57. The molecule has 2 unspecified atom stereocenters. The third kappa shape index (κ3) is 4.06. The Hall–Kier alpha value is -2.09. The van der Waals surface area contributed by atoms with Gasteiger partial charge in [0.05, 0.1) is 12.5 Å². The smallest absolute Gasteiger partial charge is 0.389 e. The molecule has 3 fully saturated rings. The maximum absolute atomic E-state index is 13.0. The first-order valence-corrected chi connectivity index (χ1v) is 11.0. The number of nitrogens with zero attached hydrogens (tertiary/aromatic N) is 5. The van der Waals surface area contributed by atoms with E-state index in [1.54, 1.807) is 17.1 Å². The Bertz CT molecular complexity index is 916. The summed E-state index contributed by atoms with van der Waals surface area (Å²) in [6.45, 7) is 5.89. The molecular weight excluding hydrogens is 402 g/mol. The highest BCUT2D eigenvalue weighted by Crippen LogP contribution is 2.53. The highest BCUT2D eigenvalue weighted by atomic mass is 35.5. The number of hydrogen-bond acceptors (Lipinski definition) is 5. The van der Waals surface area contributed by atoms with Gasteiger partial charge in [-0.3, -0.25) is 4.90 Å². The maximum Gasteiger partial charge on any atom is 0.416 e. The molecule has 2 saturated heterocycles. The zero-order valence-electron chi connectivity index (χ0n) is 17.4. The van der Waals surface area contributed by atoms with Gasteiger partial charge in [-0.25, -0.2) is 9.78 Å². The minimum atomic E-state index is -0.351. The number of carbonyl (C=O) groups excluding carboxylic acids is 1. The first-order chi connectivity index (χ1) is 14.5. The zero-order chi connectivity index (χ0) is 20.8. The normalized spacial score (nSPS) is 26.3. The molecule has 30 heavy (non-hydrogen) atoms. The molecule has 1 aromatic carbocycles. The van der Waals surface area contributed by atoms with Crippen LogP contribution in [0.25, 0.3) is 0 Å². The van der Waals surface area contributed by atoms with Gasteiger partial charge in [0.1, 0.15) is 0 Å². The van der Waals surface area contributed by atoms with E-state index in [0.29, 0.717) is 41.7 Å². The third-order valence-electron chi connectivity index (χ3n) is 6.79. The molecule has 1 saturated carbocycles. The topological polar surface area (TPSA) is 53.8 Å². The second-order valence-corrected chi connectivity index (χ2v) is 9.51. The Balaban J connectivity index is 1.23. The molecule has 2 aliphatic heterocycles. The van der Waals surface area contributed by atoms with Crippen LogP contribution in [0.4, 0.5) is 4.79 Å². The Morgan fingerprint density at radius 1 is 1.23 bits per heavy atom. The number of rotatable bonds is 6. The number of halogens is 1.